The van der Waals surface area contributed by atoms with Crippen molar-refractivity contribution in [3.63, 3.8) is 0 Å². The molecule has 1 aliphatic heterocycles. The van der Waals surface area contributed by atoms with E-state index in [-0.39, 0.29) is 11.9 Å². The summed E-state index contributed by atoms with van der Waals surface area (Å²) in [5.41, 5.74) is 0.703. The number of hydrogen-bond acceptors (Lipinski definition) is 4. The summed E-state index contributed by atoms with van der Waals surface area (Å²) >= 11 is 0. The van der Waals surface area contributed by atoms with Crippen LogP contribution in [0.25, 0.3) is 0 Å². The zero-order chi connectivity index (χ0) is 17.2. The van der Waals surface area contributed by atoms with Crippen LogP contribution in [0, 0.1) is 5.92 Å². The SMILES string of the molecule is COc1cccc(OC[C@@H]2C3CCC(C3)N2C(=O)c2ccncc2)c1. The van der Waals surface area contributed by atoms with Crippen molar-refractivity contribution in [2.45, 2.75) is 31.3 Å². The van der Waals surface area contributed by atoms with Gasteiger partial charge in [-0.25, -0.2) is 0 Å². The molecule has 2 fully saturated rings. The van der Waals surface area contributed by atoms with Crippen LogP contribution in [0.15, 0.2) is 48.8 Å². The topological polar surface area (TPSA) is 51.7 Å². The Morgan fingerprint density at radius 1 is 1.20 bits per heavy atom. The Morgan fingerprint density at radius 3 is 2.80 bits per heavy atom. The van der Waals surface area contributed by atoms with E-state index in [1.54, 1.807) is 31.6 Å². The van der Waals surface area contributed by atoms with Crippen LogP contribution < -0.4 is 9.47 Å². The fraction of sp³-hybridized carbons (Fsp3) is 0.400. The van der Waals surface area contributed by atoms with E-state index in [0.717, 1.165) is 24.3 Å². The minimum Gasteiger partial charge on any atom is -0.497 e. The summed E-state index contributed by atoms with van der Waals surface area (Å²) in [5.74, 6) is 2.17. The van der Waals surface area contributed by atoms with E-state index in [9.17, 15) is 4.79 Å². The molecule has 3 atom stereocenters. The molecule has 1 aliphatic carbocycles. The third kappa shape index (κ3) is 3.06. The van der Waals surface area contributed by atoms with Gasteiger partial charge < -0.3 is 14.4 Å². The molecular weight excluding hydrogens is 316 g/mol. The second kappa shape index (κ2) is 6.75. The number of ether oxygens (including phenoxy) is 2. The van der Waals surface area contributed by atoms with E-state index in [4.69, 9.17) is 9.47 Å². The van der Waals surface area contributed by atoms with Crippen LogP contribution in [0.5, 0.6) is 11.5 Å². The number of carbonyl (C=O) groups is 1. The highest BCUT2D eigenvalue weighted by Gasteiger charge is 2.48. The van der Waals surface area contributed by atoms with Gasteiger partial charge in [-0.05, 0) is 49.4 Å². The Bertz CT molecular complexity index is 750. The summed E-state index contributed by atoms with van der Waals surface area (Å²) in [6.45, 7) is 0.519. The van der Waals surface area contributed by atoms with Crippen LogP contribution in [-0.4, -0.2) is 41.6 Å². The maximum Gasteiger partial charge on any atom is 0.254 e. The number of likely N-dealkylation sites (tertiary alicyclic amines) is 1. The quantitative estimate of drug-likeness (QED) is 0.840. The molecule has 1 aromatic carbocycles. The molecule has 0 spiro atoms. The Hall–Kier alpha value is -2.56. The van der Waals surface area contributed by atoms with Crippen LogP contribution in [-0.2, 0) is 0 Å². The summed E-state index contributed by atoms with van der Waals surface area (Å²) in [7, 11) is 1.64. The van der Waals surface area contributed by atoms with E-state index < -0.39 is 0 Å². The summed E-state index contributed by atoms with van der Waals surface area (Å²) in [5, 5.41) is 0. The number of benzene rings is 1. The summed E-state index contributed by atoms with van der Waals surface area (Å²) in [4.78, 5) is 19.0. The highest BCUT2D eigenvalue weighted by atomic mass is 16.5. The fourth-order valence-electron chi connectivity index (χ4n) is 4.14. The van der Waals surface area contributed by atoms with Gasteiger partial charge in [0.25, 0.3) is 5.91 Å². The van der Waals surface area contributed by atoms with Gasteiger partial charge in [0.05, 0.1) is 13.2 Å². The Morgan fingerprint density at radius 2 is 2.00 bits per heavy atom. The predicted molar refractivity (Wildman–Crippen MR) is 93.8 cm³/mol. The Balaban J connectivity index is 1.50. The molecule has 1 saturated carbocycles. The number of nitrogens with zero attached hydrogens (tertiary/aromatic N) is 2. The van der Waals surface area contributed by atoms with Gasteiger partial charge in [-0.1, -0.05) is 6.07 Å². The maximum absolute atomic E-state index is 13.0. The number of pyridine rings is 1. The highest BCUT2D eigenvalue weighted by Crippen LogP contribution is 2.43. The summed E-state index contributed by atoms with van der Waals surface area (Å²) in [6, 6.07) is 11.6. The van der Waals surface area contributed by atoms with E-state index in [0.29, 0.717) is 24.1 Å². The number of fused-ring (bicyclic) bond motifs is 2. The van der Waals surface area contributed by atoms with E-state index in [1.165, 1.54) is 6.42 Å². The number of hydrogen-bond donors (Lipinski definition) is 0. The molecule has 1 amide bonds. The molecule has 130 valence electrons. The van der Waals surface area contributed by atoms with Gasteiger partial charge >= 0.3 is 0 Å². The third-order valence-electron chi connectivity index (χ3n) is 5.36. The normalized spacial score (nSPS) is 24.4. The lowest BCUT2D eigenvalue weighted by atomic mass is 9.98. The van der Waals surface area contributed by atoms with Crippen molar-refractivity contribution in [2.24, 2.45) is 5.92 Å². The summed E-state index contributed by atoms with van der Waals surface area (Å²) < 4.78 is 11.3. The molecule has 25 heavy (non-hydrogen) atoms. The lowest BCUT2D eigenvalue weighted by molar-refractivity contribution is 0.0505. The second-order valence-electron chi connectivity index (χ2n) is 6.73. The minimum atomic E-state index is 0.0915. The van der Waals surface area contributed by atoms with Crippen molar-refractivity contribution in [3.8, 4) is 11.5 Å². The standard InChI is InChI=1S/C20H22N2O3/c1-24-17-3-2-4-18(12-17)25-13-19-15-5-6-16(11-15)22(19)20(23)14-7-9-21-10-8-14/h2-4,7-10,12,15-16,19H,5-6,11,13H2,1H3/t15?,16?,19-/m1/s1. The van der Waals surface area contributed by atoms with Crippen LogP contribution in [0.2, 0.25) is 0 Å². The van der Waals surface area contributed by atoms with E-state index in [2.05, 4.69) is 4.98 Å². The maximum atomic E-state index is 13.0. The molecule has 1 aromatic heterocycles. The van der Waals surface area contributed by atoms with E-state index in [1.807, 2.05) is 29.2 Å². The van der Waals surface area contributed by atoms with Gasteiger partial charge in [-0.15, -0.1) is 0 Å². The molecule has 5 heteroatoms. The minimum absolute atomic E-state index is 0.0915. The first-order valence-electron chi connectivity index (χ1n) is 8.76. The van der Waals surface area contributed by atoms with Gasteiger partial charge in [0.2, 0.25) is 0 Å². The number of aromatic nitrogens is 1. The first-order chi connectivity index (χ1) is 12.3. The molecule has 0 N–H and O–H groups in total. The predicted octanol–water partition coefficient (Wildman–Crippen LogP) is 3.16. The monoisotopic (exact) mass is 338 g/mol. The Kier molecular flexibility index (Phi) is 4.30. The van der Waals surface area contributed by atoms with Gasteiger partial charge in [0, 0.05) is 30.1 Å². The molecule has 0 radical (unpaired) electrons. The number of piperidine rings is 1. The molecule has 4 rings (SSSR count). The molecular formula is C20H22N2O3. The largest absolute Gasteiger partial charge is 0.497 e. The Labute approximate surface area is 147 Å². The molecule has 1 saturated heterocycles. The summed E-state index contributed by atoms with van der Waals surface area (Å²) in [6.07, 6.45) is 6.70. The molecule has 2 aliphatic rings. The molecule has 2 aromatic rings. The highest BCUT2D eigenvalue weighted by molar-refractivity contribution is 5.94. The number of amides is 1. The van der Waals surface area contributed by atoms with Crippen molar-refractivity contribution < 1.29 is 14.3 Å². The molecule has 2 heterocycles. The number of methoxy groups -OCH3 is 1. The lowest BCUT2D eigenvalue weighted by Crippen LogP contribution is -2.47. The average molecular weight is 338 g/mol. The number of rotatable bonds is 5. The zero-order valence-corrected chi connectivity index (χ0v) is 14.3. The second-order valence-corrected chi connectivity index (χ2v) is 6.73. The smallest absolute Gasteiger partial charge is 0.254 e. The first kappa shape index (κ1) is 15.9. The van der Waals surface area contributed by atoms with Crippen molar-refractivity contribution in [1.82, 2.24) is 9.88 Å². The van der Waals surface area contributed by atoms with Gasteiger partial charge in [0.15, 0.2) is 0 Å². The molecule has 2 bridgehead atoms. The van der Waals surface area contributed by atoms with Crippen molar-refractivity contribution >= 4 is 5.91 Å². The average Bonchev–Trinajstić information content (AvgIpc) is 3.28. The van der Waals surface area contributed by atoms with Gasteiger partial charge in [0.1, 0.15) is 18.1 Å². The van der Waals surface area contributed by atoms with Gasteiger partial charge in [-0.3, -0.25) is 9.78 Å². The van der Waals surface area contributed by atoms with Crippen molar-refractivity contribution in [3.05, 3.63) is 54.4 Å². The number of carbonyl (C=O) groups excluding carboxylic acids is 1. The molecule has 5 nitrogen and oxygen atoms in total. The third-order valence-corrected chi connectivity index (χ3v) is 5.36. The first-order valence-corrected chi connectivity index (χ1v) is 8.76. The van der Waals surface area contributed by atoms with Crippen molar-refractivity contribution in [1.29, 1.82) is 0 Å². The van der Waals surface area contributed by atoms with E-state index >= 15 is 0 Å². The van der Waals surface area contributed by atoms with Gasteiger partial charge in [-0.2, -0.15) is 0 Å². The zero-order valence-electron chi connectivity index (χ0n) is 14.3. The lowest BCUT2D eigenvalue weighted by Gasteiger charge is -2.35. The van der Waals surface area contributed by atoms with Crippen LogP contribution in [0.4, 0.5) is 0 Å². The van der Waals surface area contributed by atoms with Crippen LogP contribution in [0.1, 0.15) is 29.6 Å². The van der Waals surface area contributed by atoms with Crippen LogP contribution in [0.3, 0.4) is 0 Å². The molecule has 2 unspecified atom stereocenters. The van der Waals surface area contributed by atoms with Crippen molar-refractivity contribution in [2.75, 3.05) is 13.7 Å². The van der Waals surface area contributed by atoms with Crippen LogP contribution >= 0.6 is 0 Å². The fourth-order valence-corrected chi connectivity index (χ4v) is 4.14.